The number of amides is 1. The van der Waals surface area contributed by atoms with Crippen molar-refractivity contribution in [1.29, 1.82) is 0 Å². The fraction of sp³-hybridized carbons (Fsp3) is 0.0769. The first-order valence-corrected chi connectivity index (χ1v) is 6.15. The Hall–Kier alpha value is -2.48. The minimum absolute atomic E-state index is 0.106. The van der Waals surface area contributed by atoms with E-state index in [-0.39, 0.29) is 10.5 Å². The topological polar surface area (TPSA) is 63.8 Å². The average Bonchev–Trinajstić information content (AvgIpc) is 2.42. The molecule has 0 radical (unpaired) electrons. The Morgan fingerprint density at radius 2 is 1.86 bits per heavy atom. The van der Waals surface area contributed by atoms with Gasteiger partial charge in [0.15, 0.2) is 5.49 Å². The van der Waals surface area contributed by atoms with Crippen LogP contribution in [0.5, 0.6) is 5.75 Å². The van der Waals surface area contributed by atoms with Gasteiger partial charge in [-0.3, -0.25) is 0 Å². The standard InChI is InChI=1S/C13H8ClF3N2O3/c14-9-1-3-10(4-2-9)22-12(20)18-11-7-8(13(15,16)17)5-6-19(11)21/h1-7,21H. The molecule has 2 rings (SSSR count). The van der Waals surface area contributed by atoms with Crippen molar-refractivity contribution in [2.45, 2.75) is 6.18 Å². The lowest BCUT2D eigenvalue weighted by Gasteiger charge is -2.07. The van der Waals surface area contributed by atoms with Gasteiger partial charge >= 0.3 is 12.3 Å². The molecular formula is C13H8ClF3N2O3. The van der Waals surface area contributed by atoms with E-state index in [1.165, 1.54) is 24.3 Å². The smallest absolute Gasteiger partial charge is 0.427 e. The highest BCUT2D eigenvalue weighted by Gasteiger charge is 2.30. The molecule has 2 aromatic rings. The van der Waals surface area contributed by atoms with Crippen LogP contribution in [0.3, 0.4) is 0 Å². The third-order valence-corrected chi connectivity index (χ3v) is 2.72. The third kappa shape index (κ3) is 4.01. The first-order chi connectivity index (χ1) is 10.3. The van der Waals surface area contributed by atoms with Gasteiger partial charge in [0.25, 0.3) is 0 Å². The first kappa shape index (κ1) is 15.9. The van der Waals surface area contributed by atoms with E-state index in [9.17, 15) is 23.2 Å². The van der Waals surface area contributed by atoms with E-state index in [2.05, 4.69) is 4.99 Å². The fourth-order valence-corrected chi connectivity index (χ4v) is 1.59. The van der Waals surface area contributed by atoms with Crippen LogP contribution in [0.25, 0.3) is 0 Å². The van der Waals surface area contributed by atoms with Crippen molar-refractivity contribution in [3.63, 3.8) is 0 Å². The second-order valence-electron chi connectivity index (χ2n) is 4.05. The molecule has 9 heteroatoms. The van der Waals surface area contributed by atoms with Gasteiger partial charge in [-0.25, -0.2) is 4.79 Å². The van der Waals surface area contributed by atoms with E-state index in [0.717, 1.165) is 6.20 Å². The number of hydrogen-bond acceptors (Lipinski definition) is 3. The van der Waals surface area contributed by atoms with E-state index in [4.69, 9.17) is 16.3 Å². The minimum Gasteiger partial charge on any atom is -0.427 e. The summed E-state index contributed by atoms with van der Waals surface area (Å²) in [5.41, 5.74) is -1.68. The summed E-state index contributed by atoms with van der Waals surface area (Å²) in [7, 11) is 0. The lowest BCUT2D eigenvalue weighted by atomic mass is 10.2. The molecule has 1 amide bonds. The molecule has 1 heterocycles. The Labute approximate surface area is 126 Å². The summed E-state index contributed by atoms with van der Waals surface area (Å²) in [6.45, 7) is 0. The van der Waals surface area contributed by atoms with Gasteiger partial charge in [0.05, 0.1) is 5.56 Å². The molecule has 0 saturated heterocycles. The summed E-state index contributed by atoms with van der Waals surface area (Å²) in [6.07, 6.45) is -5.10. The van der Waals surface area contributed by atoms with Crippen LogP contribution in [0.4, 0.5) is 18.0 Å². The van der Waals surface area contributed by atoms with Crippen LogP contribution in [-0.4, -0.2) is 16.0 Å². The van der Waals surface area contributed by atoms with Gasteiger partial charge in [-0.15, -0.1) is 0 Å². The van der Waals surface area contributed by atoms with Crippen LogP contribution in [-0.2, 0) is 6.18 Å². The highest BCUT2D eigenvalue weighted by molar-refractivity contribution is 6.30. The van der Waals surface area contributed by atoms with Gasteiger partial charge in [-0.05, 0) is 36.4 Å². The highest BCUT2D eigenvalue weighted by Crippen LogP contribution is 2.27. The highest BCUT2D eigenvalue weighted by atomic mass is 35.5. The number of alkyl halides is 3. The molecule has 0 aliphatic rings. The zero-order chi connectivity index (χ0) is 16.3. The van der Waals surface area contributed by atoms with Crippen molar-refractivity contribution in [1.82, 2.24) is 4.73 Å². The quantitative estimate of drug-likeness (QED) is 0.813. The molecule has 1 aromatic heterocycles. The number of pyridine rings is 1. The van der Waals surface area contributed by atoms with Crippen LogP contribution >= 0.6 is 11.6 Å². The number of carbonyl (C=O) groups is 1. The SMILES string of the molecule is O=C(N=c1cc(C(F)(F)F)ccn1O)Oc1ccc(Cl)cc1. The third-order valence-electron chi connectivity index (χ3n) is 2.47. The molecule has 0 aliphatic carbocycles. The van der Waals surface area contributed by atoms with E-state index >= 15 is 0 Å². The Morgan fingerprint density at radius 3 is 2.45 bits per heavy atom. The van der Waals surface area contributed by atoms with Gasteiger partial charge in [0, 0.05) is 11.2 Å². The predicted octanol–water partition coefficient (Wildman–Crippen LogP) is 3.50. The molecule has 0 atom stereocenters. The summed E-state index contributed by atoms with van der Waals surface area (Å²) in [5.74, 6) is 0.106. The average molecular weight is 333 g/mol. The van der Waals surface area contributed by atoms with Crippen LogP contribution in [0, 0.1) is 0 Å². The summed E-state index contributed by atoms with van der Waals surface area (Å²) in [4.78, 5) is 14.8. The zero-order valence-corrected chi connectivity index (χ0v) is 11.5. The Kier molecular flexibility index (Phi) is 4.41. The van der Waals surface area contributed by atoms with Crippen molar-refractivity contribution in [3.05, 3.63) is 58.7 Å². The first-order valence-electron chi connectivity index (χ1n) is 5.77. The molecular weight excluding hydrogens is 325 g/mol. The summed E-state index contributed by atoms with van der Waals surface area (Å²) in [6, 6.07) is 6.85. The van der Waals surface area contributed by atoms with E-state index in [1.807, 2.05) is 0 Å². The molecule has 0 saturated carbocycles. The van der Waals surface area contributed by atoms with Gasteiger partial charge in [0.1, 0.15) is 5.75 Å². The maximum Gasteiger partial charge on any atom is 0.441 e. The van der Waals surface area contributed by atoms with Gasteiger partial charge in [0.2, 0.25) is 0 Å². The summed E-state index contributed by atoms with van der Waals surface area (Å²) < 4.78 is 42.7. The molecule has 1 N–H and O–H groups in total. The molecule has 5 nitrogen and oxygen atoms in total. The molecule has 0 aliphatic heterocycles. The van der Waals surface area contributed by atoms with Gasteiger partial charge in [-0.1, -0.05) is 11.6 Å². The number of carbonyl (C=O) groups excluding carboxylic acids is 1. The maximum atomic E-state index is 12.6. The monoisotopic (exact) mass is 332 g/mol. The lowest BCUT2D eigenvalue weighted by Crippen LogP contribution is -2.23. The van der Waals surface area contributed by atoms with E-state index < -0.39 is 23.3 Å². The van der Waals surface area contributed by atoms with Crippen LogP contribution in [0.1, 0.15) is 5.56 Å². The van der Waals surface area contributed by atoms with Crippen LogP contribution in [0.15, 0.2) is 47.6 Å². The Bertz CT molecular complexity index is 754. The van der Waals surface area contributed by atoms with Crippen molar-refractivity contribution >= 4 is 17.7 Å². The second kappa shape index (κ2) is 6.10. The van der Waals surface area contributed by atoms with Gasteiger partial charge < -0.3 is 9.94 Å². The molecule has 0 spiro atoms. The Balaban J connectivity index is 2.28. The fourth-order valence-electron chi connectivity index (χ4n) is 1.46. The van der Waals surface area contributed by atoms with Crippen LogP contribution < -0.4 is 10.2 Å². The summed E-state index contributed by atoms with van der Waals surface area (Å²) >= 11 is 5.65. The maximum absolute atomic E-state index is 12.6. The molecule has 116 valence electrons. The zero-order valence-electron chi connectivity index (χ0n) is 10.7. The van der Waals surface area contributed by atoms with Crippen LogP contribution in [0.2, 0.25) is 5.02 Å². The normalized spacial score (nSPS) is 12.3. The largest absolute Gasteiger partial charge is 0.441 e. The van der Waals surface area contributed by atoms with E-state index in [0.29, 0.717) is 17.2 Å². The second-order valence-corrected chi connectivity index (χ2v) is 4.49. The predicted molar refractivity (Wildman–Crippen MR) is 69.7 cm³/mol. The van der Waals surface area contributed by atoms with E-state index in [1.54, 1.807) is 0 Å². The van der Waals surface area contributed by atoms with Crippen molar-refractivity contribution in [2.24, 2.45) is 4.99 Å². The number of nitrogens with zero attached hydrogens (tertiary/aromatic N) is 2. The van der Waals surface area contributed by atoms with Crippen molar-refractivity contribution in [3.8, 4) is 5.75 Å². The number of hydrogen-bond donors (Lipinski definition) is 1. The number of rotatable bonds is 1. The molecule has 0 unspecified atom stereocenters. The summed E-state index contributed by atoms with van der Waals surface area (Å²) in [5, 5.41) is 9.80. The molecule has 22 heavy (non-hydrogen) atoms. The number of ether oxygens (including phenoxy) is 1. The minimum atomic E-state index is -4.63. The number of aromatic nitrogens is 1. The van der Waals surface area contributed by atoms with Gasteiger partial charge in [-0.2, -0.15) is 22.9 Å². The molecule has 1 aromatic carbocycles. The van der Waals surface area contributed by atoms with Crippen molar-refractivity contribution in [2.75, 3.05) is 0 Å². The molecule has 0 fully saturated rings. The molecule has 0 bridgehead atoms. The van der Waals surface area contributed by atoms with Crippen molar-refractivity contribution < 1.29 is 27.9 Å². The lowest BCUT2D eigenvalue weighted by molar-refractivity contribution is -0.137. The number of halogens is 4. The Morgan fingerprint density at radius 1 is 1.23 bits per heavy atom. The number of benzene rings is 1.